The molecule has 10 heteroatoms. The summed E-state index contributed by atoms with van der Waals surface area (Å²) in [6.45, 7) is 4.21. The molecule has 3 rings (SSSR count). The summed E-state index contributed by atoms with van der Waals surface area (Å²) in [5.74, 6) is -1.76. The summed E-state index contributed by atoms with van der Waals surface area (Å²) in [6, 6.07) is 8.75. The number of piperidine rings is 1. The van der Waals surface area contributed by atoms with Gasteiger partial charge in [0.15, 0.2) is 6.61 Å². The predicted molar refractivity (Wildman–Crippen MR) is 116 cm³/mol. The Bertz CT molecular complexity index is 1110. The number of aryl methyl sites for hydroxylation is 1. The van der Waals surface area contributed by atoms with Gasteiger partial charge in [-0.1, -0.05) is 19.9 Å². The third-order valence-corrected chi connectivity index (χ3v) is 7.13. The molecule has 9 nitrogen and oxygen atoms in total. The topological polar surface area (TPSA) is 115 Å². The highest BCUT2D eigenvalue weighted by Gasteiger charge is 2.32. The van der Waals surface area contributed by atoms with Crippen LogP contribution < -0.4 is 5.32 Å². The first kappa shape index (κ1) is 23.7. The minimum atomic E-state index is -3.76. The summed E-state index contributed by atoms with van der Waals surface area (Å²) in [6.07, 6.45) is 2.62. The van der Waals surface area contributed by atoms with Gasteiger partial charge in [-0.2, -0.15) is 4.31 Å². The molecule has 2 aromatic rings. The maximum atomic E-state index is 13.1. The number of sulfonamides is 1. The van der Waals surface area contributed by atoms with Gasteiger partial charge in [0.25, 0.3) is 11.8 Å². The molecule has 1 saturated heterocycles. The van der Waals surface area contributed by atoms with Crippen LogP contribution in [0.1, 0.15) is 41.1 Å². The zero-order valence-corrected chi connectivity index (χ0v) is 19.1. The highest BCUT2D eigenvalue weighted by molar-refractivity contribution is 7.89. The molecule has 1 fully saturated rings. The number of esters is 1. The van der Waals surface area contributed by atoms with Crippen LogP contribution in [0.2, 0.25) is 0 Å². The monoisotopic (exact) mass is 461 g/mol. The van der Waals surface area contributed by atoms with Crippen molar-refractivity contribution in [1.82, 2.24) is 14.2 Å². The number of benzene rings is 1. The van der Waals surface area contributed by atoms with Crippen LogP contribution in [0.4, 0.5) is 0 Å². The number of hydrogen-bond acceptors (Lipinski definition) is 6. The van der Waals surface area contributed by atoms with Crippen LogP contribution in [-0.2, 0) is 26.6 Å². The van der Waals surface area contributed by atoms with Crippen LogP contribution in [0, 0.1) is 11.8 Å². The summed E-state index contributed by atoms with van der Waals surface area (Å²) >= 11 is 0. The Morgan fingerprint density at radius 1 is 1.09 bits per heavy atom. The molecular formula is C22H27N3O6S. The number of nitrogens with zero attached hydrogens (tertiary/aromatic N) is 2. The molecule has 1 aromatic carbocycles. The molecule has 2 unspecified atom stereocenters. The molecule has 1 aromatic heterocycles. The average molecular weight is 462 g/mol. The molecule has 2 atom stereocenters. The van der Waals surface area contributed by atoms with E-state index in [1.54, 1.807) is 29.9 Å². The fourth-order valence-corrected chi connectivity index (χ4v) is 5.60. The van der Waals surface area contributed by atoms with Crippen LogP contribution in [0.15, 0.2) is 47.5 Å². The van der Waals surface area contributed by atoms with Gasteiger partial charge in [-0.05, 0) is 48.6 Å². The van der Waals surface area contributed by atoms with Crippen LogP contribution in [-0.4, -0.2) is 54.8 Å². The quantitative estimate of drug-likeness (QED) is 0.656. The number of carbonyl (C=O) groups excluding carboxylic acids is 3. The van der Waals surface area contributed by atoms with E-state index in [-0.39, 0.29) is 28.0 Å². The van der Waals surface area contributed by atoms with E-state index in [1.807, 2.05) is 13.8 Å². The Balaban J connectivity index is 1.63. The molecule has 1 aliphatic rings. The van der Waals surface area contributed by atoms with Crippen LogP contribution in [0.25, 0.3) is 0 Å². The number of imide groups is 1. The molecule has 1 aliphatic heterocycles. The lowest BCUT2D eigenvalue weighted by Gasteiger charge is -2.34. The number of rotatable bonds is 6. The van der Waals surface area contributed by atoms with Crippen LogP contribution in [0.5, 0.6) is 0 Å². The molecule has 0 bridgehead atoms. The van der Waals surface area contributed by atoms with Crippen molar-refractivity contribution >= 4 is 27.8 Å². The lowest BCUT2D eigenvalue weighted by molar-refractivity contribution is -0.123. The molecule has 1 N–H and O–H groups in total. The summed E-state index contributed by atoms with van der Waals surface area (Å²) in [5.41, 5.74) is 0.287. The average Bonchev–Trinajstić information content (AvgIpc) is 3.17. The third-order valence-electron chi connectivity index (χ3n) is 5.31. The maximum Gasteiger partial charge on any atom is 0.338 e. The Labute approximate surface area is 187 Å². The number of nitrogens with one attached hydrogen (secondary N) is 1. The highest BCUT2D eigenvalue weighted by atomic mass is 32.2. The second-order valence-corrected chi connectivity index (χ2v) is 10.2. The van der Waals surface area contributed by atoms with Crippen molar-refractivity contribution in [1.29, 1.82) is 0 Å². The fourth-order valence-electron chi connectivity index (χ4n) is 3.87. The molecule has 32 heavy (non-hydrogen) atoms. The van der Waals surface area contributed by atoms with E-state index in [4.69, 9.17) is 4.74 Å². The second kappa shape index (κ2) is 9.66. The number of ether oxygens (including phenoxy) is 1. The summed E-state index contributed by atoms with van der Waals surface area (Å²) in [7, 11) is -2.10. The Hall–Kier alpha value is -2.98. The van der Waals surface area contributed by atoms with Crippen LogP contribution >= 0.6 is 0 Å². The largest absolute Gasteiger partial charge is 0.452 e. The van der Waals surface area contributed by atoms with Crippen molar-refractivity contribution in [2.45, 2.75) is 25.2 Å². The molecule has 0 aliphatic carbocycles. The Kier molecular flexibility index (Phi) is 7.15. The Morgan fingerprint density at radius 2 is 1.78 bits per heavy atom. The van der Waals surface area contributed by atoms with E-state index < -0.39 is 34.4 Å². The van der Waals surface area contributed by atoms with E-state index in [2.05, 4.69) is 5.32 Å². The van der Waals surface area contributed by atoms with Gasteiger partial charge < -0.3 is 9.30 Å². The Morgan fingerprint density at radius 3 is 2.41 bits per heavy atom. The first-order chi connectivity index (χ1) is 15.1. The van der Waals surface area contributed by atoms with Crippen molar-refractivity contribution in [2.24, 2.45) is 18.9 Å². The van der Waals surface area contributed by atoms with Crippen molar-refractivity contribution in [3.05, 3.63) is 53.9 Å². The van der Waals surface area contributed by atoms with Gasteiger partial charge in [-0.25, -0.2) is 13.2 Å². The summed E-state index contributed by atoms with van der Waals surface area (Å²) in [4.78, 5) is 36.4. The van der Waals surface area contributed by atoms with E-state index >= 15 is 0 Å². The molecule has 0 spiro atoms. The van der Waals surface area contributed by atoms with Gasteiger partial charge in [0.2, 0.25) is 10.0 Å². The first-order valence-corrected chi connectivity index (χ1v) is 11.7. The first-order valence-electron chi connectivity index (χ1n) is 10.3. The maximum absolute atomic E-state index is 13.1. The SMILES string of the molecule is CC1CC(C)CN(S(=O)(=O)c2cccc(C(=O)OCC(=O)NC(=O)c3cccn3C)c2)C1. The molecule has 0 saturated carbocycles. The normalized spacial score (nSPS) is 19.3. The minimum Gasteiger partial charge on any atom is -0.452 e. The van der Waals surface area contributed by atoms with Crippen LogP contribution in [0.3, 0.4) is 0 Å². The zero-order chi connectivity index (χ0) is 23.5. The van der Waals surface area contributed by atoms with Gasteiger partial charge in [0.1, 0.15) is 5.69 Å². The highest BCUT2D eigenvalue weighted by Crippen LogP contribution is 2.27. The van der Waals surface area contributed by atoms with Crippen molar-refractivity contribution in [3.63, 3.8) is 0 Å². The number of carbonyl (C=O) groups is 3. The van der Waals surface area contributed by atoms with Gasteiger partial charge in [-0.15, -0.1) is 0 Å². The number of amides is 2. The lowest BCUT2D eigenvalue weighted by Crippen LogP contribution is -2.42. The third kappa shape index (κ3) is 5.43. The zero-order valence-electron chi connectivity index (χ0n) is 18.3. The van der Waals surface area contributed by atoms with Gasteiger partial charge >= 0.3 is 5.97 Å². The summed E-state index contributed by atoms with van der Waals surface area (Å²) < 4.78 is 34.1. The molecule has 0 radical (unpaired) electrons. The number of aromatic nitrogens is 1. The smallest absolute Gasteiger partial charge is 0.338 e. The fraction of sp³-hybridized carbons (Fsp3) is 0.409. The van der Waals surface area contributed by atoms with Crippen molar-refractivity contribution < 1.29 is 27.5 Å². The van der Waals surface area contributed by atoms with Crippen molar-refractivity contribution in [2.75, 3.05) is 19.7 Å². The van der Waals surface area contributed by atoms with Crippen molar-refractivity contribution in [3.8, 4) is 0 Å². The van der Waals surface area contributed by atoms with Gasteiger partial charge in [0.05, 0.1) is 10.5 Å². The van der Waals surface area contributed by atoms with E-state index in [1.165, 1.54) is 28.6 Å². The van der Waals surface area contributed by atoms with E-state index in [9.17, 15) is 22.8 Å². The summed E-state index contributed by atoms with van der Waals surface area (Å²) in [5, 5.41) is 2.14. The molecule has 172 valence electrons. The molecule has 2 amide bonds. The standard InChI is InChI=1S/C22H27N3O6S/c1-15-10-16(2)13-25(12-15)32(29,30)18-7-4-6-17(11-18)22(28)31-14-20(26)23-21(27)19-8-5-9-24(19)3/h4-9,11,15-16H,10,12-14H2,1-3H3,(H,23,26,27). The van der Waals surface area contributed by atoms with E-state index in [0.717, 1.165) is 6.42 Å². The number of hydrogen-bond donors (Lipinski definition) is 1. The molecule has 2 heterocycles. The van der Waals surface area contributed by atoms with Gasteiger partial charge in [-0.3, -0.25) is 14.9 Å². The molecular weight excluding hydrogens is 434 g/mol. The second-order valence-electron chi connectivity index (χ2n) is 8.25. The predicted octanol–water partition coefficient (Wildman–Crippen LogP) is 1.81. The lowest BCUT2D eigenvalue weighted by atomic mass is 9.94. The minimum absolute atomic E-state index is 0.00316. The van der Waals surface area contributed by atoms with E-state index in [0.29, 0.717) is 13.1 Å². The van der Waals surface area contributed by atoms with Gasteiger partial charge in [0, 0.05) is 26.3 Å².